The molecule has 0 saturated carbocycles. The number of carbonyl (C=O) groups excluding carboxylic acids is 1. The van der Waals surface area contributed by atoms with Gasteiger partial charge >= 0.3 is 5.97 Å². The van der Waals surface area contributed by atoms with Crippen LogP contribution in [0.4, 0.5) is 10.1 Å². The van der Waals surface area contributed by atoms with E-state index in [1.807, 2.05) is 0 Å². The van der Waals surface area contributed by atoms with Crippen LogP contribution in [0.2, 0.25) is 5.02 Å². The third-order valence-corrected chi connectivity index (χ3v) is 3.63. The zero-order valence-corrected chi connectivity index (χ0v) is 12.8. The van der Waals surface area contributed by atoms with Crippen LogP contribution in [-0.2, 0) is 11.2 Å². The molecule has 122 valence electrons. The molecule has 3 rings (SSSR count). The van der Waals surface area contributed by atoms with Gasteiger partial charge in [-0.3, -0.25) is 9.59 Å². The topological polar surface area (TPSA) is 92.4 Å². The van der Waals surface area contributed by atoms with E-state index in [1.165, 1.54) is 6.07 Å². The summed E-state index contributed by atoms with van der Waals surface area (Å²) in [4.78, 5) is 23.0. The number of nitrogens with one attached hydrogen (secondary N) is 1. The monoisotopic (exact) mass is 348 g/mol. The van der Waals surface area contributed by atoms with Crippen LogP contribution in [0, 0.1) is 5.82 Å². The van der Waals surface area contributed by atoms with E-state index in [1.54, 1.807) is 24.3 Å². The molecule has 0 aliphatic heterocycles. The second kappa shape index (κ2) is 6.29. The largest absolute Gasteiger partial charge is 0.481 e. The van der Waals surface area contributed by atoms with Crippen molar-refractivity contribution in [2.75, 3.05) is 5.32 Å². The highest BCUT2D eigenvalue weighted by molar-refractivity contribution is 6.34. The van der Waals surface area contributed by atoms with Crippen LogP contribution in [0.1, 0.15) is 16.1 Å². The molecule has 0 fully saturated rings. The van der Waals surface area contributed by atoms with E-state index in [0.717, 1.165) is 6.07 Å². The molecule has 0 unspecified atom stereocenters. The van der Waals surface area contributed by atoms with Crippen LogP contribution >= 0.6 is 11.6 Å². The summed E-state index contributed by atoms with van der Waals surface area (Å²) < 4.78 is 19.0. The fourth-order valence-electron chi connectivity index (χ4n) is 2.21. The van der Waals surface area contributed by atoms with Gasteiger partial charge in [-0.05, 0) is 24.3 Å². The predicted octanol–water partition coefficient (Wildman–Crippen LogP) is 3.50. The molecule has 0 spiro atoms. The first kappa shape index (κ1) is 15.9. The number of anilines is 1. The number of carboxylic acids is 1. The van der Waals surface area contributed by atoms with Crippen molar-refractivity contribution >= 4 is 40.1 Å². The van der Waals surface area contributed by atoms with E-state index in [9.17, 15) is 14.0 Å². The SMILES string of the molecule is O=C(O)Cc1cc(Cl)c(NC(=O)c2noc3ccccc23)cc1F. The van der Waals surface area contributed by atoms with Gasteiger partial charge in [0.05, 0.1) is 22.5 Å². The van der Waals surface area contributed by atoms with Crippen molar-refractivity contribution in [2.24, 2.45) is 0 Å². The quantitative estimate of drug-likeness (QED) is 0.752. The van der Waals surface area contributed by atoms with Gasteiger partial charge in [0.15, 0.2) is 11.3 Å². The van der Waals surface area contributed by atoms with E-state index >= 15 is 0 Å². The van der Waals surface area contributed by atoms with Gasteiger partial charge in [0, 0.05) is 5.56 Å². The second-order valence-corrected chi connectivity index (χ2v) is 5.38. The van der Waals surface area contributed by atoms with Crippen molar-refractivity contribution in [1.29, 1.82) is 0 Å². The van der Waals surface area contributed by atoms with Crippen LogP contribution in [0.3, 0.4) is 0 Å². The Bertz CT molecular complexity index is 954. The molecule has 3 aromatic rings. The predicted molar refractivity (Wildman–Crippen MR) is 84.7 cm³/mol. The second-order valence-electron chi connectivity index (χ2n) is 4.98. The number of hydrogen-bond acceptors (Lipinski definition) is 4. The van der Waals surface area contributed by atoms with Crippen molar-refractivity contribution in [2.45, 2.75) is 6.42 Å². The number of nitrogens with zero attached hydrogens (tertiary/aromatic N) is 1. The zero-order valence-electron chi connectivity index (χ0n) is 12.0. The Kier molecular flexibility index (Phi) is 4.18. The molecule has 8 heteroatoms. The number of amides is 1. The van der Waals surface area contributed by atoms with Crippen LogP contribution in [0.15, 0.2) is 40.9 Å². The third-order valence-electron chi connectivity index (χ3n) is 3.32. The molecule has 0 bridgehead atoms. The minimum Gasteiger partial charge on any atom is -0.481 e. The van der Waals surface area contributed by atoms with E-state index in [0.29, 0.717) is 11.0 Å². The molecule has 6 nitrogen and oxygen atoms in total. The summed E-state index contributed by atoms with van der Waals surface area (Å²) in [6, 6.07) is 8.93. The van der Waals surface area contributed by atoms with Crippen LogP contribution in [0.25, 0.3) is 11.0 Å². The third kappa shape index (κ3) is 3.07. The van der Waals surface area contributed by atoms with Crippen molar-refractivity contribution in [3.05, 3.63) is 58.5 Å². The lowest BCUT2D eigenvalue weighted by Gasteiger charge is -2.08. The van der Waals surface area contributed by atoms with Crippen molar-refractivity contribution in [3.8, 4) is 0 Å². The lowest BCUT2D eigenvalue weighted by Crippen LogP contribution is -2.14. The molecule has 2 N–H and O–H groups in total. The van der Waals surface area contributed by atoms with Crippen molar-refractivity contribution in [1.82, 2.24) is 5.16 Å². The van der Waals surface area contributed by atoms with Crippen LogP contribution in [-0.4, -0.2) is 22.1 Å². The summed E-state index contributed by atoms with van der Waals surface area (Å²) in [6.07, 6.45) is -0.506. The number of carboxylic acid groups (broad SMARTS) is 1. The molecule has 0 aliphatic rings. The summed E-state index contributed by atoms with van der Waals surface area (Å²) in [5.41, 5.74) is 0.422. The molecule has 0 saturated heterocycles. The molecule has 0 atom stereocenters. The lowest BCUT2D eigenvalue weighted by atomic mass is 10.1. The Hall–Kier alpha value is -2.93. The van der Waals surface area contributed by atoms with Crippen LogP contribution in [0.5, 0.6) is 0 Å². The maximum Gasteiger partial charge on any atom is 0.307 e. The number of benzene rings is 2. The fraction of sp³-hybridized carbons (Fsp3) is 0.0625. The zero-order chi connectivity index (χ0) is 17.3. The number of aromatic nitrogens is 1. The van der Waals surface area contributed by atoms with Gasteiger partial charge in [-0.15, -0.1) is 0 Å². The molecule has 1 heterocycles. The highest BCUT2D eigenvalue weighted by Gasteiger charge is 2.18. The van der Waals surface area contributed by atoms with Gasteiger partial charge in [-0.1, -0.05) is 28.9 Å². The standard InChI is InChI=1S/C16H10ClFN2O4/c17-10-5-8(6-14(21)22)11(18)7-12(10)19-16(23)15-9-3-1-2-4-13(9)24-20-15/h1-5,7H,6H2,(H,19,23)(H,21,22). The van der Waals surface area contributed by atoms with Crippen LogP contribution < -0.4 is 5.32 Å². The Labute approximate surface area is 139 Å². The van der Waals surface area contributed by atoms with E-state index in [4.69, 9.17) is 21.2 Å². The highest BCUT2D eigenvalue weighted by Crippen LogP contribution is 2.27. The Morgan fingerprint density at radius 3 is 2.79 bits per heavy atom. The number of halogens is 2. The minimum absolute atomic E-state index is 0.0142. The Morgan fingerprint density at radius 1 is 1.29 bits per heavy atom. The summed E-state index contributed by atoms with van der Waals surface area (Å²) in [5.74, 6) is -2.58. The maximum absolute atomic E-state index is 13.9. The van der Waals surface area contributed by atoms with Gasteiger partial charge in [0.2, 0.25) is 0 Å². The summed E-state index contributed by atoms with van der Waals surface area (Å²) >= 11 is 5.99. The van der Waals surface area contributed by atoms with Gasteiger partial charge in [-0.25, -0.2) is 4.39 Å². The average Bonchev–Trinajstić information content (AvgIpc) is 2.95. The molecule has 24 heavy (non-hydrogen) atoms. The Balaban J connectivity index is 1.89. The fourth-order valence-corrected chi connectivity index (χ4v) is 2.45. The molecule has 0 aliphatic carbocycles. The van der Waals surface area contributed by atoms with Crippen molar-refractivity contribution in [3.63, 3.8) is 0 Å². The van der Waals surface area contributed by atoms with E-state index in [2.05, 4.69) is 10.5 Å². The molecular weight excluding hydrogens is 339 g/mol. The smallest absolute Gasteiger partial charge is 0.307 e. The van der Waals surface area contributed by atoms with E-state index in [-0.39, 0.29) is 22.0 Å². The molecule has 1 amide bonds. The maximum atomic E-state index is 13.9. The van der Waals surface area contributed by atoms with Gasteiger partial charge in [0.25, 0.3) is 5.91 Å². The molecule has 2 aromatic carbocycles. The number of para-hydroxylation sites is 1. The highest BCUT2D eigenvalue weighted by atomic mass is 35.5. The summed E-state index contributed by atoms with van der Waals surface area (Å²) in [5, 5.41) is 15.4. The summed E-state index contributed by atoms with van der Waals surface area (Å²) in [6.45, 7) is 0. The first-order valence-electron chi connectivity index (χ1n) is 6.81. The molecular formula is C16H10ClFN2O4. The van der Waals surface area contributed by atoms with E-state index < -0.39 is 24.1 Å². The first-order chi connectivity index (χ1) is 11.5. The normalized spacial score (nSPS) is 10.8. The Morgan fingerprint density at radius 2 is 2.04 bits per heavy atom. The van der Waals surface area contributed by atoms with Crippen molar-refractivity contribution < 1.29 is 23.6 Å². The molecule has 1 aromatic heterocycles. The van der Waals surface area contributed by atoms with Gasteiger partial charge < -0.3 is 14.9 Å². The number of fused-ring (bicyclic) bond motifs is 1. The number of hydrogen-bond donors (Lipinski definition) is 2. The number of rotatable bonds is 4. The van der Waals surface area contributed by atoms with Gasteiger partial charge in [0.1, 0.15) is 5.82 Å². The average molecular weight is 349 g/mol. The number of aliphatic carboxylic acids is 1. The molecule has 0 radical (unpaired) electrons. The lowest BCUT2D eigenvalue weighted by molar-refractivity contribution is -0.136. The summed E-state index contributed by atoms with van der Waals surface area (Å²) in [7, 11) is 0. The minimum atomic E-state index is -1.18. The number of carbonyl (C=O) groups is 2. The van der Waals surface area contributed by atoms with Gasteiger partial charge in [-0.2, -0.15) is 0 Å². The first-order valence-corrected chi connectivity index (χ1v) is 7.19.